The number of nitrogens with one attached hydrogen (secondary N) is 1. The molecule has 0 saturated heterocycles. The van der Waals surface area contributed by atoms with Crippen molar-refractivity contribution < 1.29 is 13.5 Å². The smallest absolute Gasteiger partial charge is 0.265 e. The highest BCUT2D eigenvalue weighted by Gasteiger charge is 2.17. The van der Waals surface area contributed by atoms with Crippen LogP contribution in [-0.2, 0) is 23.0 Å². The Morgan fingerprint density at radius 2 is 2.10 bits per heavy atom. The molecular weight excluding hydrogens is 290 g/mol. The van der Waals surface area contributed by atoms with Gasteiger partial charge in [0.15, 0.2) is 0 Å². The summed E-state index contributed by atoms with van der Waals surface area (Å²) in [4.78, 5) is 0.0854. The quantitative estimate of drug-likeness (QED) is 0.814. The van der Waals surface area contributed by atoms with Crippen molar-refractivity contribution in [3.8, 4) is 0 Å². The fraction of sp³-hybridized carbons (Fsp3) is 0.357. The van der Waals surface area contributed by atoms with Crippen molar-refractivity contribution in [3.63, 3.8) is 0 Å². The molecule has 2 rings (SSSR count). The number of anilines is 1. The van der Waals surface area contributed by atoms with Crippen molar-refractivity contribution in [1.82, 2.24) is 9.78 Å². The summed E-state index contributed by atoms with van der Waals surface area (Å²) in [5, 5.41) is 12.7. The topological polar surface area (TPSA) is 84.2 Å². The summed E-state index contributed by atoms with van der Waals surface area (Å²) >= 11 is 0. The molecule has 0 saturated carbocycles. The highest BCUT2D eigenvalue weighted by atomic mass is 32.2. The molecule has 0 aliphatic carbocycles. The molecule has 6 nitrogen and oxygen atoms in total. The van der Waals surface area contributed by atoms with Gasteiger partial charge in [0, 0.05) is 6.20 Å². The van der Waals surface area contributed by atoms with E-state index in [0.717, 1.165) is 18.4 Å². The van der Waals surface area contributed by atoms with Crippen molar-refractivity contribution in [3.05, 3.63) is 42.2 Å². The van der Waals surface area contributed by atoms with Gasteiger partial charge in [-0.25, -0.2) is 8.42 Å². The highest BCUT2D eigenvalue weighted by molar-refractivity contribution is 7.92. The molecule has 0 aliphatic heterocycles. The molecule has 0 aliphatic rings. The van der Waals surface area contributed by atoms with Gasteiger partial charge in [0.25, 0.3) is 10.0 Å². The van der Waals surface area contributed by atoms with Gasteiger partial charge >= 0.3 is 0 Å². The Bertz CT molecular complexity index is 695. The molecule has 114 valence electrons. The van der Waals surface area contributed by atoms with Gasteiger partial charge in [-0.2, -0.15) is 5.10 Å². The van der Waals surface area contributed by atoms with Gasteiger partial charge in [0.1, 0.15) is 4.90 Å². The van der Waals surface area contributed by atoms with Gasteiger partial charge < -0.3 is 5.11 Å². The van der Waals surface area contributed by atoms with Crippen LogP contribution < -0.4 is 4.72 Å². The van der Waals surface area contributed by atoms with E-state index in [1.807, 2.05) is 19.1 Å². The van der Waals surface area contributed by atoms with Gasteiger partial charge in [-0.1, -0.05) is 31.5 Å². The van der Waals surface area contributed by atoms with Crippen LogP contribution in [0.25, 0.3) is 0 Å². The van der Waals surface area contributed by atoms with E-state index >= 15 is 0 Å². The molecule has 1 aromatic carbocycles. The lowest BCUT2D eigenvalue weighted by Gasteiger charge is -2.11. The molecule has 0 radical (unpaired) electrons. The minimum atomic E-state index is -3.67. The maximum Gasteiger partial charge on any atom is 0.265 e. The number of aliphatic hydroxyl groups is 1. The first-order valence-corrected chi connectivity index (χ1v) is 8.29. The van der Waals surface area contributed by atoms with E-state index in [-0.39, 0.29) is 18.0 Å². The van der Waals surface area contributed by atoms with Crippen molar-refractivity contribution in [1.29, 1.82) is 0 Å². The maximum absolute atomic E-state index is 12.3. The van der Waals surface area contributed by atoms with Gasteiger partial charge in [-0.3, -0.25) is 9.40 Å². The number of rotatable bonds is 7. The van der Waals surface area contributed by atoms with Gasteiger partial charge in [-0.15, -0.1) is 0 Å². The summed E-state index contributed by atoms with van der Waals surface area (Å²) in [5.41, 5.74) is 1.56. The van der Waals surface area contributed by atoms with Crippen LogP contribution in [0.1, 0.15) is 18.9 Å². The highest BCUT2D eigenvalue weighted by Crippen LogP contribution is 2.21. The second kappa shape index (κ2) is 6.73. The second-order valence-electron chi connectivity index (χ2n) is 4.68. The summed E-state index contributed by atoms with van der Waals surface area (Å²) in [5.74, 6) is 0. The molecule has 0 spiro atoms. The fourth-order valence-corrected chi connectivity index (χ4v) is 3.07. The molecule has 2 N–H and O–H groups in total. The van der Waals surface area contributed by atoms with Crippen LogP contribution in [0.2, 0.25) is 0 Å². The van der Waals surface area contributed by atoms with Crippen LogP contribution >= 0.6 is 0 Å². The first-order chi connectivity index (χ1) is 10.1. The summed E-state index contributed by atoms with van der Waals surface area (Å²) in [6, 6.07) is 7.35. The lowest BCUT2D eigenvalue weighted by molar-refractivity contribution is 0.269. The average Bonchev–Trinajstić information content (AvgIpc) is 2.91. The average molecular weight is 309 g/mol. The van der Waals surface area contributed by atoms with Crippen molar-refractivity contribution in [2.75, 3.05) is 11.3 Å². The fourth-order valence-electron chi connectivity index (χ4n) is 2.02. The van der Waals surface area contributed by atoms with Crippen molar-refractivity contribution in [2.24, 2.45) is 0 Å². The van der Waals surface area contributed by atoms with Crippen LogP contribution in [0.5, 0.6) is 0 Å². The minimum Gasteiger partial charge on any atom is -0.394 e. The first kappa shape index (κ1) is 15.5. The van der Waals surface area contributed by atoms with E-state index in [1.54, 1.807) is 12.1 Å². The van der Waals surface area contributed by atoms with Crippen LogP contribution in [0.4, 0.5) is 5.69 Å². The third-order valence-electron chi connectivity index (χ3n) is 3.03. The Hall–Kier alpha value is -1.86. The van der Waals surface area contributed by atoms with Crippen LogP contribution in [0.3, 0.4) is 0 Å². The van der Waals surface area contributed by atoms with Crippen LogP contribution in [0, 0.1) is 0 Å². The third kappa shape index (κ3) is 3.83. The van der Waals surface area contributed by atoms with E-state index in [0.29, 0.717) is 5.69 Å². The number of nitrogens with zero attached hydrogens (tertiary/aromatic N) is 2. The predicted molar refractivity (Wildman–Crippen MR) is 80.6 cm³/mol. The number of benzene rings is 1. The number of sulfonamides is 1. The zero-order valence-corrected chi connectivity index (χ0v) is 12.7. The molecule has 1 heterocycles. The molecule has 1 aromatic heterocycles. The largest absolute Gasteiger partial charge is 0.394 e. The summed E-state index contributed by atoms with van der Waals surface area (Å²) < 4.78 is 28.7. The van der Waals surface area contributed by atoms with Gasteiger partial charge in [0.05, 0.1) is 25.0 Å². The lowest BCUT2D eigenvalue weighted by Crippen LogP contribution is -2.13. The van der Waals surface area contributed by atoms with Crippen LogP contribution in [0.15, 0.2) is 41.6 Å². The van der Waals surface area contributed by atoms with Gasteiger partial charge in [0.2, 0.25) is 0 Å². The van der Waals surface area contributed by atoms with E-state index < -0.39 is 10.0 Å². The normalized spacial score (nSPS) is 11.5. The molecule has 21 heavy (non-hydrogen) atoms. The molecular formula is C14H19N3O3S. The molecule has 0 unspecified atom stereocenters. The second-order valence-corrected chi connectivity index (χ2v) is 6.36. The Morgan fingerprint density at radius 1 is 1.33 bits per heavy atom. The Morgan fingerprint density at radius 3 is 2.81 bits per heavy atom. The Balaban J connectivity index is 2.24. The van der Waals surface area contributed by atoms with Crippen LogP contribution in [-0.4, -0.2) is 29.9 Å². The molecule has 7 heteroatoms. The molecule has 0 amide bonds. The lowest BCUT2D eigenvalue weighted by atomic mass is 10.1. The molecule has 0 atom stereocenters. The number of aliphatic hydroxyl groups excluding tert-OH is 1. The zero-order valence-electron chi connectivity index (χ0n) is 11.9. The van der Waals surface area contributed by atoms with Crippen molar-refractivity contribution >= 4 is 15.7 Å². The number of hydrogen-bond donors (Lipinski definition) is 2. The summed E-state index contributed by atoms with van der Waals surface area (Å²) in [7, 11) is -3.67. The number of aromatic nitrogens is 2. The number of hydrogen-bond acceptors (Lipinski definition) is 4. The minimum absolute atomic E-state index is 0.0854. The van der Waals surface area contributed by atoms with E-state index in [9.17, 15) is 8.42 Å². The monoisotopic (exact) mass is 309 g/mol. The Labute approximate surface area is 124 Å². The van der Waals surface area contributed by atoms with Crippen molar-refractivity contribution in [2.45, 2.75) is 31.2 Å². The Kier molecular flexibility index (Phi) is 4.98. The predicted octanol–water partition coefficient (Wildman–Crippen LogP) is 1.63. The van der Waals surface area contributed by atoms with E-state index in [1.165, 1.54) is 17.1 Å². The van der Waals surface area contributed by atoms with E-state index in [2.05, 4.69) is 9.82 Å². The number of aryl methyl sites for hydroxylation is 1. The molecule has 0 bridgehead atoms. The zero-order chi connectivity index (χ0) is 15.3. The standard InChI is InChI=1S/C14H19N3O3S/c1-2-5-12-6-3-4-7-14(12)16-21(19,20)13-10-15-17(11-13)8-9-18/h3-4,6-7,10-11,16,18H,2,5,8-9H2,1H3. The van der Waals surface area contributed by atoms with Gasteiger partial charge in [-0.05, 0) is 18.1 Å². The summed E-state index contributed by atoms with van der Waals surface area (Å²) in [6.45, 7) is 2.22. The SMILES string of the molecule is CCCc1ccccc1NS(=O)(=O)c1cnn(CCO)c1. The summed E-state index contributed by atoms with van der Waals surface area (Å²) in [6.07, 6.45) is 4.43. The third-order valence-corrected chi connectivity index (χ3v) is 4.35. The molecule has 2 aromatic rings. The number of para-hydroxylation sites is 1. The van der Waals surface area contributed by atoms with E-state index in [4.69, 9.17) is 5.11 Å². The first-order valence-electron chi connectivity index (χ1n) is 6.81. The molecule has 0 fully saturated rings. The maximum atomic E-state index is 12.3.